The zero-order valence-corrected chi connectivity index (χ0v) is 14.9. The second kappa shape index (κ2) is 7.37. The average molecular weight is 361 g/mol. The molecule has 0 aliphatic rings. The maximum atomic E-state index is 12.2. The Kier molecular flexibility index (Phi) is 4.61. The number of ether oxygens (including phenoxy) is 1. The predicted octanol–water partition coefficient (Wildman–Crippen LogP) is 3.62. The molecule has 2 heterocycles. The fraction of sp³-hybridized carbons (Fsp3) is 0.143. The van der Waals surface area contributed by atoms with Gasteiger partial charge >= 0.3 is 0 Å². The third-order valence-electron chi connectivity index (χ3n) is 4.39. The van der Waals surface area contributed by atoms with E-state index in [1.807, 2.05) is 48.5 Å². The molecule has 6 heteroatoms. The number of nitrogens with one attached hydrogen (secondary N) is 1. The summed E-state index contributed by atoms with van der Waals surface area (Å²) in [6.45, 7) is 0.959. The van der Waals surface area contributed by atoms with Crippen LogP contribution < -0.4 is 10.1 Å². The molecule has 4 aromatic rings. The number of hydrogen-bond donors (Lipinski definition) is 1. The Morgan fingerprint density at radius 2 is 1.93 bits per heavy atom. The third-order valence-corrected chi connectivity index (χ3v) is 4.39. The van der Waals surface area contributed by atoms with E-state index in [2.05, 4.69) is 14.9 Å². The van der Waals surface area contributed by atoms with E-state index in [0.717, 1.165) is 28.2 Å². The van der Waals surface area contributed by atoms with Crippen molar-refractivity contribution < 1.29 is 13.9 Å². The van der Waals surface area contributed by atoms with Gasteiger partial charge in [-0.3, -0.25) is 4.79 Å². The first-order chi connectivity index (χ1) is 13.2. The van der Waals surface area contributed by atoms with E-state index in [9.17, 15) is 4.79 Å². The van der Waals surface area contributed by atoms with Crippen molar-refractivity contribution in [3.8, 4) is 5.75 Å². The van der Waals surface area contributed by atoms with Crippen molar-refractivity contribution in [3.63, 3.8) is 0 Å². The average Bonchev–Trinajstić information content (AvgIpc) is 3.36. The summed E-state index contributed by atoms with van der Waals surface area (Å²) >= 11 is 0. The topological polar surface area (TPSA) is 69.3 Å². The minimum atomic E-state index is -0.261. The molecule has 0 spiro atoms. The maximum Gasteiger partial charge on any atom is 0.287 e. The molecular weight excluding hydrogens is 342 g/mol. The predicted molar refractivity (Wildman–Crippen MR) is 102 cm³/mol. The molecule has 0 saturated carbocycles. The Balaban J connectivity index is 1.61. The quantitative estimate of drug-likeness (QED) is 0.569. The van der Waals surface area contributed by atoms with Gasteiger partial charge in [0.15, 0.2) is 5.76 Å². The van der Waals surface area contributed by atoms with Crippen molar-refractivity contribution in [1.29, 1.82) is 0 Å². The second-order valence-corrected chi connectivity index (χ2v) is 6.11. The summed E-state index contributed by atoms with van der Waals surface area (Å²) < 4.78 is 12.5. The number of para-hydroxylation sites is 2. The van der Waals surface area contributed by atoms with Crippen LogP contribution in [0.4, 0.5) is 0 Å². The normalized spacial score (nSPS) is 10.9. The third kappa shape index (κ3) is 3.55. The Bertz CT molecular complexity index is 1050. The number of imidazole rings is 1. The van der Waals surface area contributed by atoms with E-state index in [0.29, 0.717) is 13.1 Å². The standard InChI is InChI=1S/C21H19N3O3/c1-26-16-10-8-15(9-11-16)14-24-18-6-3-2-5-17(18)23-20(24)13-22-21(25)19-7-4-12-27-19/h2-12H,13-14H2,1H3,(H,22,25). The zero-order chi connectivity index (χ0) is 18.6. The van der Waals surface area contributed by atoms with Gasteiger partial charge in [-0.05, 0) is 42.0 Å². The molecule has 4 rings (SSSR count). The number of benzene rings is 2. The Hall–Kier alpha value is -3.54. The highest BCUT2D eigenvalue weighted by Crippen LogP contribution is 2.19. The summed E-state index contributed by atoms with van der Waals surface area (Å²) in [5, 5.41) is 2.87. The van der Waals surface area contributed by atoms with Crippen LogP contribution in [0.2, 0.25) is 0 Å². The number of nitrogens with zero attached hydrogens (tertiary/aromatic N) is 2. The molecule has 27 heavy (non-hydrogen) atoms. The van der Waals surface area contributed by atoms with Gasteiger partial charge in [-0.1, -0.05) is 24.3 Å². The summed E-state index contributed by atoms with van der Waals surface area (Å²) in [6.07, 6.45) is 1.48. The van der Waals surface area contributed by atoms with Crippen molar-refractivity contribution >= 4 is 16.9 Å². The van der Waals surface area contributed by atoms with Gasteiger partial charge in [0.25, 0.3) is 5.91 Å². The van der Waals surface area contributed by atoms with Crippen LogP contribution in [0, 0.1) is 0 Å². The smallest absolute Gasteiger partial charge is 0.287 e. The van der Waals surface area contributed by atoms with Gasteiger partial charge in [-0.2, -0.15) is 0 Å². The van der Waals surface area contributed by atoms with E-state index < -0.39 is 0 Å². The first kappa shape index (κ1) is 16.9. The molecule has 0 atom stereocenters. The largest absolute Gasteiger partial charge is 0.497 e. The van der Waals surface area contributed by atoms with Gasteiger partial charge in [-0.25, -0.2) is 4.98 Å². The van der Waals surface area contributed by atoms with Crippen LogP contribution in [0.5, 0.6) is 5.75 Å². The van der Waals surface area contributed by atoms with Gasteiger partial charge in [0.1, 0.15) is 11.6 Å². The van der Waals surface area contributed by atoms with Crippen LogP contribution in [0.3, 0.4) is 0 Å². The van der Waals surface area contributed by atoms with Crippen LogP contribution in [-0.4, -0.2) is 22.6 Å². The van der Waals surface area contributed by atoms with Crippen molar-refractivity contribution in [2.75, 3.05) is 7.11 Å². The summed E-state index contributed by atoms with van der Waals surface area (Å²) in [4.78, 5) is 16.9. The molecule has 0 aliphatic carbocycles. The lowest BCUT2D eigenvalue weighted by Crippen LogP contribution is -2.24. The number of furan rings is 1. The molecular formula is C21H19N3O3. The molecule has 6 nitrogen and oxygen atoms in total. The van der Waals surface area contributed by atoms with Crippen LogP contribution >= 0.6 is 0 Å². The van der Waals surface area contributed by atoms with Crippen molar-refractivity contribution in [2.24, 2.45) is 0 Å². The molecule has 136 valence electrons. The first-order valence-corrected chi connectivity index (χ1v) is 8.63. The number of methoxy groups -OCH3 is 1. The van der Waals surface area contributed by atoms with Crippen LogP contribution in [0.25, 0.3) is 11.0 Å². The fourth-order valence-corrected chi connectivity index (χ4v) is 3.00. The molecule has 2 aromatic heterocycles. The number of carbonyl (C=O) groups excluding carboxylic acids is 1. The summed E-state index contributed by atoms with van der Waals surface area (Å²) in [5.41, 5.74) is 3.04. The Labute approximate surface area is 156 Å². The van der Waals surface area contributed by atoms with Gasteiger partial charge in [0, 0.05) is 6.54 Å². The number of fused-ring (bicyclic) bond motifs is 1. The van der Waals surface area contributed by atoms with E-state index >= 15 is 0 Å². The highest BCUT2D eigenvalue weighted by molar-refractivity contribution is 5.91. The highest BCUT2D eigenvalue weighted by Gasteiger charge is 2.14. The van der Waals surface area contributed by atoms with Crippen LogP contribution in [0.1, 0.15) is 21.9 Å². The number of carbonyl (C=O) groups is 1. The lowest BCUT2D eigenvalue weighted by atomic mass is 10.2. The van der Waals surface area contributed by atoms with Crippen LogP contribution in [0.15, 0.2) is 71.3 Å². The monoisotopic (exact) mass is 361 g/mol. The molecule has 0 aliphatic heterocycles. The fourth-order valence-electron chi connectivity index (χ4n) is 3.00. The molecule has 0 bridgehead atoms. The Morgan fingerprint density at radius 1 is 1.11 bits per heavy atom. The lowest BCUT2D eigenvalue weighted by molar-refractivity contribution is 0.0922. The molecule has 1 amide bonds. The Morgan fingerprint density at radius 3 is 2.67 bits per heavy atom. The second-order valence-electron chi connectivity index (χ2n) is 6.11. The highest BCUT2D eigenvalue weighted by atomic mass is 16.5. The first-order valence-electron chi connectivity index (χ1n) is 8.63. The van der Waals surface area contributed by atoms with E-state index in [4.69, 9.17) is 9.15 Å². The molecule has 0 saturated heterocycles. The maximum absolute atomic E-state index is 12.2. The van der Waals surface area contributed by atoms with Gasteiger partial charge in [0.05, 0.1) is 31.0 Å². The number of hydrogen-bond acceptors (Lipinski definition) is 4. The van der Waals surface area contributed by atoms with E-state index in [-0.39, 0.29) is 11.7 Å². The summed E-state index contributed by atoms with van der Waals surface area (Å²) in [7, 11) is 1.65. The van der Waals surface area contributed by atoms with Gasteiger partial charge < -0.3 is 19.0 Å². The summed E-state index contributed by atoms with van der Waals surface area (Å²) in [5.74, 6) is 1.63. The molecule has 0 radical (unpaired) electrons. The number of amides is 1. The number of aromatic nitrogens is 2. The minimum absolute atomic E-state index is 0.261. The molecule has 2 aromatic carbocycles. The van der Waals surface area contributed by atoms with Crippen molar-refractivity contribution in [1.82, 2.24) is 14.9 Å². The molecule has 0 fully saturated rings. The van der Waals surface area contributed by atoms with Crippen molar-refractivity contribution in [2.45, 2.75) is 13.1 Å². The van der Waals surface area contributed by atoms with Gasteiger partial charge in [-0.15, -0.1) is 0 Å². The number of rotatable bonds is 6. The lowest BCUT2D eigenvalue weighted by Gasteiger charge is -2.10. The van der Waals surface area contributed by atoms with Crippen LogP contribution in [-0.2, 0) is 13.1 Å². The summed E-state index contributed by atoms with van der Waals surface area (Å²) in [6, 6.07) is 19.2. The van der Waals surface area contributed by atoms with E-state index in [1.54, 1.807) is 19.2 Å². The SMILES string of the molecule is COc1ccc(Cn2c(CNC(=O)c3ccco3)nc3ccccc32)cc1. The van der Waals surface area contributed by atoms with Crippen molar-refractivity contribution in [3.05, 3.63) is 84.1 Å². The zero-order valence-electron chi connectivity index (χ0n) is 14.9. The molecule has 1 N–H and O–H groups in total. The van der Waals surface area contributed by atoms with Gasteiger partial charge in [0.2, 0.25) is 0 Å². The molecule has 0 unspecified atom stereocenters. The minimum Gasteiger partial charge on any atom is -0.497 e. The van der Waals surface area contributed by atoms with E-state index in [1.165, 1.54) is 6.26 Å².